The van der Waals surface area contributed by atoms with E-state index in [0.717, 1.165) is 5.92 Å². The minimum atomic E-state index is 0.852. The first-order chi connectivity index (χ1) is 7.70. The van der Waals surface area contributed by atoms with Gasteiger partial charge in [-0.25, -0.2) is 0 Å². The van der Waals surface area contributed by atoms with Gasteiger partial charge in [-0.05, 0) is 18.9 Å². The van der Waals surface area contributed by atoms with Crippen LogP contribution in [-0.4, -0.2) is 37.6 Å². The summed E-state index contributed by atoms with van der Waals surface area (Å²) in [5.74, 6) is 0.852. The van der Waals surface area contributed by atoms with E-state index in [9.17, 15) is 0 Å². The van der Waals surface area contributed by atoms with Crippen LogP contribution >= 0.6 is 0 Å². The van der Waals surface area contributed by atoms with E-state index in [1.165, 1.54) is 45.6 Å². The largest absolute Gasteiger partial charge is 0.314 e. The molecule has 1 aliphatic rings. The van der Waals surface area contributed by atoms with Crippen LogP contribution in [0.25, 0.3) is 0 Å². The molecular formula is C14H34N2. The summed E-state index contributed by atoms with van der Waals surface area (Å²) in [4.78, 5) is 2.55. The Morgan fingerprint density at radius 2 is 1.50 bits per heavy atom. The van der Waals surface area contributed by atoms with Crippen LogP contribution in [0.4, 0.5) is 0 Å². The first kappa shape index (κ1) is 18.3. The predicted molar refractivity (Wildman–Crippen MR) is 76.1 cm³/mol. The minimum Gasteiger partial charge on any atom is -0.314 e. The summed E-state index contributed by atoms with van der Waals surface area (Å²) < 4.78 is 0. The lowest BCUT2D eigenvalue weighted by Gasteiger charge is -2.27. The van der Waals surface area contributed by atoms with Gasteiger partial charge in [-0.2, -0.15) is 0 Å². The standard InChI is InChI=1S/C9H20N2.C3H8.C2H6/c1-9(2)3-6-11-7-4-10-5-8-11;1-3-2;1-2/h9-10H,3-8H2,1-2H3;3H2,1-2H3;1-2H3. The van der Waals surface area contributed by atoms with Gasteiger partial charge in [-0.15, -0.1) is 0 Å². The fourth-order valence-corrected chi connectivity index (χ4v) is 1.38. The van der Waals surface area contributed by atoms with Crippen molar-refractivity contribution in [2.75, 3.05) is 32.7 Å². The van der Waals surface area contributed by atoms with Crippen LogP contribution in [-0.2, 0) is 0 Å². The van der Waals surface area contributed by atoms with E-state index in [2.05, 4.69) is 37.9 Å². The minimum absolute atomic E-state index is 0.852. The molecule has 1 rings (SSSR count). The summed E-state index contributed by atoms with van der Waals surface area (Å²) in [6, 6.07) is 0. The van der Waals surface area contributed by atoms with Gasteiger partial charge in [0.1, 0.15) is 0 Å². The topological polar surface area (TPSA) is 15.3 Å². The molecule has 2 nitrogen and oxygen atoms in total. The maximum atomic E-state index is 3.36. The lowest BCUT2D eigenvalue weighted by Crippen LogP contribution is -2.43. The fraction of sp³-hybridized carbons (Fsp3) is 1.00. The molecule has 1 fully saturated rings. The van der Waals surface area contributed by atoms with Gasteiger partial charge in [0.05, 0.1) is 0 Å². The van der Waals surface area contributed by atoms with Crippen molar-refractivity contribution in [3.8, 4) is 0 Å². The highest BCUT2D eigenvalue weighted by Crippen LogP contribution is 2.02. The molecule has 100 valence electrons. The molecule has 0 radical (unpaired) electrons. The Morgan fingerprint density at radius 3 is 1.88 bits per heavy atom. The maximum absolute atomic E-state index is 3.36. The molecule has 0 aromatic rings. The third-order valence-electron chi connectivity index (χ3n) is 2.23. The number of hydrogen-bond donors (Lipinski definition) is 1. The Hall–Kier alpha value is -0.0800. The van der Waals surface area contributed by atoms with Crippen molar-refractivity contribution < 1.29 is 0 Å². The average Bonchev–Trinajstić information content (AvgIpc) is 2.31. The second-order valence-corrected chi connectivity index (χ2v) is 4.48. The van der Waals surface area contributed by atoms with E-state index < -0.39 is 0 Å². The summed E-state index contributed by atoms with van der Waals surface area (Å²) >= 11 is 0. The summed E-state index contributed by atoms with van der Waals surface area (Å²) in [5, 5.41) is 3.36. The molecule has 0 aliphatic carbocycles. The van der Waals surface area contributed by atoms with Gasteiger partial charge in [-0.3, -0.25) is 0 Å². The molecule has 0 aromatic carbocycles. The van der Waals surface area contributed by atoms with Crippen LogP contribution in [0, 0.1) is 5.92 Å². The lowest BCUT2D eigenvalue weighted by molar-refractivity contribution is 0.228. The predicted octanol–water partition coefficient (Wildman–Crippen LogP) is 3.38. The number of piperazine rings is 1. The summed E-state index contributed by atoms with van der Waals surface area (Å²) in [6.45, 7) is 19.0. The smallest absolute Gasteiger partial charge is 0.0107 e. The second-order valence-electron chi connectivity index (χ2n) is 4.48. The van der Waals surface area contributed by atoms with Gasteiger partial charge in [0.2, 0.25) is 0 Å². The highest BCUT2D eigenvalue weighted by atomic mass is 15.2. The van der Waals surface area contributed by atoms with E-state index >= 15 is 0 Å². The van der Waals surface area contributed by atoms with Gasteiger partial charge in [0, 0.05) is 26.2 Å². The monoisotopic (exact) mass is 230 g/mol. The third kappa shape index (κ3) is 13.9. The normalized spacial score (nSPS) is 15.9. The maximum Gasteiger partial charge on any atom is 0.0107 e. The molecule has 0 aromatic heterocycles. The first-order valence-electron chi connectivity index (χ1n) is 7.13. The van der Waals surface area contributed by atoms with Crippen molar-refractivity contribution in [2.24, 2.45) is 5.92 Å². The molecule has 16 heavy (non-hydrogen) atoms. The summed E-state index contributed by atoms with van der Waals surface area (Å²) in [7, 11) is 0. The van der Waals surface area contributed by atoms with Crippen molar-refractivity contribution in [3.63, 3.8) is 0 Å². The second kappa shape index (κ2) is 14.9. The molecule has 2 heteroatoms. The van der Waals surface area contributed by atoms with Crippen LogP contribution in [0.2, 0.25) is 0 Å². The lowest BCUT2D eigenvalue weighted by atomic mass is 10.1. The Kier molecular flexibility index (Phi) is 17.1. The zero-order valence-electron chi connectivity index (χ0n) is 12.5. The molecule has 1 heterocycles. The van der Waals surface area contributed by atoms with Gasteiger partial charge >= 0.3 is 0 Å². The molecule has 0 atom stereocenters. The number of hydrogen-bond acceptors (Lipinski definition) is 2. The number of nitrogens with zero attached hydrogens (tertiary/aromatic N) is 1. The molecular weight excluding hydrogens is 196 g/mol. The molecule has 0 saturated carbocycles. The van der Waals surface area contributed by atoms with E-state index in [4.69, 9.17) is 0 Å². The Labute approximate surface area is 104 Å². The number of nitrogens with one attached hydrogen (secondary N) is 1. The molecule has 0 amide bonds. The van der Waals surface area contributed by atoms with Crippen molar-refractivity contribution in [1.29, 1.82) is 0 Å². The molecule has 0 spiro atoms. The van der Waals surface area contributed by atoms with Crippen molar-refractivity contribution in [3.05, 3.63) is 0 Å². The Morgan fingerprint density at radius 1 is 1.06 bits per heavy atom. The highest BCUT2D eigenvalue weighted by molar-refractivity contribution is 4.67. The first-order valence-corrected chi connectivity index (χ1v) is 7.13. The Balaban J connectivity index is 0. The van der Waals surface area contributed by atoms with Crippen LogP contribution in [0.1, 0.15) is 54.4 Å². The molecule has 0 bridgehead atoms. The van der Waals surface area contributed by atoms with Crippen molar-refractivity contribution >= 4 is 0 Å². The fourth-order valence-electron chi connectivity index (χ4n) is 1.38. The van der Waals surface area contributed by atoms with E-state index in [0.29, 0.717) is 0 Å². The van der Waals surface area contributed by atoms with E-state index in [1.54, 1.807) is 0 Å². The Bertz CT molecular complexity index is 107. The number of rotatable bonds is 3. The molecule has 1 saturated heterocycles. The molecule has 1 aliphatic heterocycles. The van der Waals surface area contributed by atoms with Gasteiger partial charge in [0.15, 0.2) is 0 Å². The van der Waals surface area contributed by atoms with Gasteiger partial charge < -0.3 is 10.2 Å². The average molecular weight is 230 g/mol. The molecule has 0 unspecified atom stereocenters. The van der Waals surface area contributed by atoms with E-state index in [-0.39, 0.29) is 0 Å². The zero-order valence-corrected chi connectivity index (χ0v) is 12.5. The van der Waals surface area contributed by atoms with Crippen LogP contribution in [0.3, 0.4) is 0 Å². The summed E-state index contributed by atoms with van der Waals surface area (Å²) in [6.07, 6.45) is 2.60. The highest BCUT2D eigenvalue weighted by Gasteiger charge is 2.08. The molecule has 1 N–H and O–H groups in total. The zero-order chi connectivity index (χ0) is 12.8. The SMILES string of the molecule is CC.CC(C)CCN1CCNCC1.CCC. The summed E-state index contributed by atoms with van der Waals surface area (Å²) in [5.41, 5.74) is 0. The van der Waals surface area contributed by atoms with Gasteiger partial charge in [-0.1, -0.05) is 48.0 Å². The van der Waals surface area contributed by atoms with Crippen LogP contribution in [0.5, 0.6) is 0 Å². The van der Waals surface area contributed by atoms with E-state index in [1.807, 2.05) is 13.8 Å². The third-order valence-corrected chi connectivity index (χ3v) is 2.23. The van der Waals surface area contributed by atoms with Crippen LogP contribution < -0.4 is 5.32 Å². The van der Waals surface area contributed by atoms with Crippen LogP contribution in [0.15, 0.2) is 0 Å². The van der Waals surface area contributed by atoms with Crippen molar-refractivity contribution in [2.45, 2.75) is 54.4 Å². The van der Waals surface area contributed by atoms with Gasteiger partial charge in [0.25, 0.3) is 0 Å². The quantitative estimate of drug-likeness (QED) is 0.799. The van der Waals surface area contributed by atoms with Crippen molar-refractivity contribution in [1.82, 2.24) is 10.2 Å².